The van der Waals surface area contributed by atoms with E-state index in [1.165, 1.54) is 12.7 Å². The fraction of sp³-hybridized carbons (Fsp3) is 0.393. The molecule has 1 N–H and O–H groups in total. The first-order chi connectivity index (χ1) is 17.9. The van der Waals surface area contributed by atoms with Crippen LogP contribution in [0.2, 0.25) is 0 Å². The van der Waals surface area contributed by atoms with E-state index < -0.39 is 12.0 Å². The van der Waals surface area contributed by atoms with Crippen LogP contribution in [0.15, 0.2) is 58.9 Å². The van der Waals surface area contributed by atoms with Gasteiger partial charge in [0.15, 0.2) is 11.5 Å². The third-order valence-electron chi connectivity index (χ3n) is 6.03. The summed E-state index contributed by atoms with van der Waals surface area (Å²) in [4.78, 5) is 17.6. The molecule has 8 nitrogen and oxygen atoms in total. The van der Waals surface area contributed by atoms with Gasteiger partial charge in [0.05, 0.1) is 19.3 Å². The molecule has 2 heterocycles. The molecule has 1 aromatic heterocycles. The Labute approximate surface area is 222 Å². The predicted octanol–water partition coefficient (Wildman–Crippen LogP) is 5.92. The largest absolute Gasteiger partial charge is 0.490 e. The molecule has 9 heteroatoms. The number of carbonyl (C=O) groups is 1. The van der Waals surface area contributed by atoms with E-state index >= 15 is 0 Å². The first-order valence-corrected chi connectivity index (χ1v) is 13.5. The van der Waals surface area contributed by atoms with E-state index in [4.69, 9.17) is 19.3 Å². The number of benzene rings is 2. The molecule has 1 aliphatic heterocycles. The fourth-order valence-electron chi connectivity index (χ4n) is 4.23. The van der Waals surface area contributed by atoms with Gasteiger partial charge in [-0.3, -0.25) is 0 Å². The summed E-state index contributed by atoms with van der Waals surface area (Å²) in [6.45, 7) is 8.90. The van der Waals surface area contributed by atoms with Crippen molar-refractivity contribution in [1.29, 1.82) is 0 Å². The zero-order valence-electron chi connectivity index (χ0n) is 22.0. The molecular weight excluding hydrogens is 488 g/mol. The van der Waals surface area contributed by atoms with Crippen molar-refractivity contribution in [3.63, 3.8) is 0 Å². The van der Waals surface area contributed by atoms with Crippen molar-refractivity contribution in [1.82, 2.24) is 14.8 Å². The molecule has 3 aromatic rings. The van der Waals surface area contributed by atoms with Crippen LogP contribution in [0.1, 0.15) is 56.3 Å². The summed E-state index contributed by atoms with van der Waals surface area (Å²) >= 11 is 1.61. The van der Waals surface area contributed by atoms with Gasteiger partial charge in [0, 0.05) is 11.4 Å². The number of fused-ring (bicyclic) bond motifs is 1. The van der Waals surface area contributed by atoms with Crippen molar-refractivity contribution in [3.05, 3.63) is 70.4 Å². The number of aromatic nitrogens is 3. The van der Waals surface area contributed by atoms with Crippen LogP contribution < -0.4 is 14.8 Å². The third kappa shape index (κ3) is 6.10. The zero-order valence-corrected chi connectivity index (χ0v) is 22.9. The Bertz CT molecular complexity index is 1290. The Morgan fingerprint density at radius 1 is 1.11 bits per heavy atom. The van der Waals surface area contributed by atoms with Gasteiger partial charge in [-0.15, -0.1) is 5.10 Å². The second kappa shape index (κ2) is 12.2. The number of hydrogen-bond acceptors (Lipinski definition) is 8. The maximum atomic E-state index is 12.9. The standard InChI is InChI=1S/C28H34N4O4S/c1-6-8-14-37-28-30-27-29-19(4)24(26(33)34-5)25(32(27)31-28)21-12-13-22(23(16-21)35-7-2)36-17-20-11-9-10-18(3)15-20/h9-13,15-16,25H,6-8,14,17H2,1-5H3,(H,29,30,31). The molecule has 1 atom stereocenters. The molecular formula is C28H34N4O4S. The van der Waals surface area contributed by atoms with E-state index in [0.717, 1.165) is 29.7 Å². The van der Waals surface area contributed by atoms with Gasteiger partial charge in [0.2, 0.25) is 11.1 Å². The smallest absolute Gasteiger partial charge is 0.338 e. The minimum Gasteiger partial charge on any atom is -0.490 e. The van der Waals surface area contributed by atoms with Crippen LogP contribution in [0.25, 0.3) is 0 Å². The van der Waals surface area contributed by atoms with E-state index in [1.807, 2.05) is 44.2 Å². The number of thioether (sulfide) groups is 1. The normalized spacial score (nSPS) is 14.7. The highest BCUT2D eigenvalue weighted by Gasteiger charge is 2.35. The van der Waals surface area contributed by atoms with Crippen LogP contribution in [0.4, 0.5) is 5.95 Å². The molecule has 0 aliphatic carbocycles. The van der Waals surface area contributed by atoms with Crippen molar-refractivity contribution in [2.24, 2.45) is 0 Å². The number of nitrogens with zero attached hydrogens (tertiary/aromatic N) is 3. The van der Waals surface area contributed by atoms with Gasteiger partial charge in [-0.25, -0.2) is 9.48 Å². The van der Waals surface area contributed by atoms with Gasteiger partial charge in [-0.05, 0) is 50.5 Å². The van der Waals surface area contributed by atoms with Gasteiger partial charge < -0.3 is 19.5 Å². The Morgan fingerprint density at radius 2 is 1.95 bits per heavy atom. The number of carbonyl (C=O) groups excluding carboxylic acids is 1. The molecule has 0 saturated carbocycles. The molecule has 0 spiro atoms. The van der Waals surface area contributed by atoms with E-state index in [1.54, 1.807) is 16.4 Å². The molecule has 0 amide bonds. The third-order valence-corrected chi connectivity index (χ3v) is 6.95. The first-order valence-electron chi connectivity index (χ1n) is 12.6. The molecule has 196 valence electrons. The van der Waals surface area contributed by atoms with Crippen LogP contribution in [-0.2, 0) is 16.1 Å². The van der Waals surface area contributed by atoms with Gasteiger partial charge in [-0.2, -0.15) is 4.98 Å². The van der Waals surface area contributed by atoms with Gasteiger partial charge >= 0.3 is 5.97 Å². The Hall–Kier alpha value is -3.46. The second-order valence-corrected chi connectivity index (χ2v) is 9.90. The maximum Gasteiger partial charge on any atom is 0.338 e. The van der Waals surface area contributed by atoms with Crippen molar-refractivity contribution < 1.29 is 19.0 Å². The quantitative estimate of drug-likeness (QED) is 0.189. The van der Waals surface area contributed by atoms with E-state index in [-0.39, 0.29) is 0 Å². The maximum absolute atomic E-state index is 12.9. The minimum absolute atomic E-state index is 0.422. The zero-order chi connectivity index (χ0) is 26.4. The lowest BCUT2D eigenvalue weighted by Crippen LogP contribution is -2.29. The molecule has 0 fully saturated rings. The number of hydrogen-bond donors (Lipinski definition) is 1. The topological polar surface area (TPSA) is 87.5 Å². The molecule has 0 radical (unpaired) electrons. The van der Waals surface area contributed by atoms with Crippen molar-refractivity contribution in [3.8, 4) is 11.5 Å². The number of unbranched alkanes of at least 4 members (excludes halogenated alkanes) is 1. The number of aryl methyl sites for hydroxylation is 1. The van der Waals surface area contributed by atoms with Gasteiger partial charge in [-0.1, -0.05) is 61.0 Å². The summed E-state index contributed by atoms with van der Waals surface area (Å²) in [6, 6.07) is 13.4. The van der Waals surface area contributed by atoms with E-state index in [9.17, 15) is 4.79 Å². The number of allylic oxidation sites excluding steroid dienone is 1. The van der Waals surface area contributed by atoms with Gasteiger partial charge in [0.1, 0.15) is 12.6 Å². The average Bonchev–Trinajstić information content (AvgIpc) is 3.29. The number of anilines is 1. The lowest BCUT2D eigenvalue weighted by Gasteiger charge is -2.28. The summed E-state index contributed by atoms with van der Waals surface area (Å²) in [5, 5.41) is 8.65. The summed E-state index contributed by atoms with van der Waals surface area (Å²) in [7, 11) is 1.39. The second-order valence-electron chi connectivity index (χ2n) is 8.84. The van der Waals surface area contributed by atoms with Crippen molar-refractivity contribution >= 4 is 23.7 Å². The van der Waals surface area contributed by atoms with Crippen LogP contribution in [-0.4, -0.2) is 40.2 Å². The van der Waals surface area contributed by atoms with Crippen LogP contribution >= 0.6 is 11.8 Å². The molecule has 1 unspecified atom stereocenters. The molecule has 1 aliphatic rings. The highest BCUT2D eigenvalue weighted by atomic mass is 32.2. The Balaban J connectivity index is 1.70. The number of nitrogens with one attached hydrogen (secondary N) is 1. The van der Waals surface area contributed by atoms with Crippen LogP contribution in [0.5, 0.6) is 11.5 Å². The monoisotopic (exact) mass is 522 g/mol. The van der Waals surface area contributed by atoms with Crippen LogP contribution in [0, 0.1) is 6.92 Å². The number of esters is 1. The van der Waals surface area contributed by atoms with E-state index in [2.05, 4.69) is 36.3 Å². The molecule has 37 heavy (non-hydrogen) atoms. The first kappa shape index (κ1) is 26.6. The molecule has 0 saturated heterocycles. The molecule has 4 rings (SSSR count). The average molecular weight is 523 g/mol. The van der Waals surface area contributed by atoms with Crippen molar-refractivity contribution in [2.45, 2.75) is 58.3 Å². The summed E-state index contributed by atoms with van der Waals surface area (Å²) < 4.78 is 19.0. The summed E-state index contributed by atoms with van der Waals surface area (Å²) in [6.07, 6.45) is 2.19. The molecule has 0 bridgehead atoms. The predicted molar refractivity (Wildman–Crippen MR) is 145 cm³/mol. The van der Waals surface area contributed by atoms with Crippen molar-refractivity contribution in [2.75, 3.05) is 24.8 Å². The summed E-state index contributed by atoms with van der Waals surface area (Å²) in [5.74, 6) is 2.34. The fourth-order valence-corrected chi connectivity index (χ4v) is 5.14. The number of ether oxygens (including phenoxy) is 3. The Morgan fingerprint density at radius 3 is 2.68 bits per heavy atom. The summed E-state index contributed by atoms with van der Waals surface area (Å²) in [5.41, 5.74) is 4.24. The van der Waals surface area contributed by atoms with E-state index in [0.29, 0.717) is 47.1 Å². The van der Waals surface area contributed by atoms with Crippen LogP contribution in [0.3, 0.4) is 0 Å². The number of methoxy groups -OCH3 is 1. The highest BCUT2D eigenvalue weighted by Crippen LogP contribution is 2.40. The Kier molecular flexibility index (Phi) is 8.76. The minimum atomic E-state index is -0.526. The highest BCUT2D eigenvalue weighted by molar-refractivity contribution is 7.99. The lowest BCUT2D eigenvalue weighted by atomic mass is 9.95. The molecule has 2 aromatic carbocycles. The lowest BCUT2D eigenvalue weighted by molar-refractivity contribution is -0.136. The van der Waals surface area contributed by atoms with Gasteiger partial charge in [0.25, 0.3) is 0 Å². The SMILES string of the molecule is CCCCSc1nc2n(n1)C(c1ccc(OCc3cccc(C)c3)c(OCC)c1)C(C(=O)OC)=C(C)N2. The number of rotatable bonds is 11.